The zero-order valence-electron chi connectivity index (χ0n) is 18.5. The van der Waals surface area contributed by atoms with Crippen molar-refractivity contribution >= 4 is 29.2 Å². The average Bonchev–Trinajstić information content (AvgIpc) is 2.81. The average molecular weight is 471 g/mol. The number of carbonyl (C=O) groups is 3. The Morgan fingerprint density at radius 3 is 2.03 bits per heavy atom. The number of halogens is 1. The molecule has 2 aliphatic rings. The highest BCUT2D eigenvalue weighted by atomic mass is 19.1. The Labute approximate surface area is 196 Å². The molecule has 0 bridgehead atoms. The maximum atomic E-state index is 13.0. The van der Waals surface area contributed by atoms with Crippen LogP contribution in [-0.2, 0) is 9.59 Å². The monoisotopic (exact) mass is 471 g/mol. The molecule has 0 aromatic heterocycles. The number of rotatable bonds is 6. The number of amides is 4. The van der Waals surface area contributed by atoms with Gasteiger partial charge in [0.25, 0.3) is 0 Å². The molecule has 2 aliphatic heterocycles. The molecule has 1 saturated heterocycles. The second kappa shape index (κ2) is 10.9. The van der Waals surface area contributed by atoms with Crippen LogP contribution >= 0.6 is 0 Å². The minimum absolute atomic E-state index is 0.0736. The molecule has 0 aliphatic carbocycles. The van der Waals surface area contributed by atoms with E-state index in [0.29, 0.717) is 62.3 Å². The van der Waals surface area contributed by atoms with Crippen LogP contribution in [-0.4, -0.2) is 80.1 Å². The summed E-state index contributed by atoms with van der Waals surface area (Å²) in [6.07, 6.45) is 0. The minimum Gasteiger partial charge on any atom is -0.486 e. The van der Waals surface area contributed by atoms with E-state index in [-0.39, 0.29) is 24.8 Å². The number of carbonyl (C=O) groups excluding carboxylic acids is 3. The van der Waals surface area contributed by atoms with Crippen LogP contribution in [0.3, 0.4) is 0 Å². The van der Waals surface area contributed by atoms with Gasteiger partial charge < -0.3 is 20.1 Å². The van der Waals surface area contributed by atoms with E-state index in [2.05, 4.69) is 16.0 Å². The van der Waals surface area contributed by atoms with Crippen LogP contribution < -0.4 is 25.4 Å². The Kier molecular flexibility index (Phi) is 7.55. The highest BCUT2D eigenvalue weighted by Crippen LogP contribution is 2.32. The first-order valence-electron chi connectivity index (χ1n) is 11.0. The molecule has 0 spiro atoms. The number of nitrogens with zero attached hydrogens (tertiary/aromatic N) is 2. The zero-order valence-corrected chi connectivity index (χ0v) is 18.5. The molecule has 4 rings (SSSR count). The number of imide groups is 1. The van der Waals surface area contributed by atoms with Crippen molar-refractivity contribution in [3.63, 3.8) is 0 Å². The zero-order chi connectivity index (χ0) is 23.9. The Morgan fingerprint density at radius 1 is 0.765 bits per heavy atom. The van der Waals surface area contributed by atoms with Crippen molar-refractivity contribution in [2.45, 2.75) is 0 Å². The van der Waals surface area contributed by atoms with E-state index < -0.39 is 11.9 Å². The normalized spacial score (nSPS) is 15.9. The van der Waals surface area contributed by atoms with Crippen molar-refractivity contribution in [2.75, 3.05) is 63.1 Å². The van der Waals surface area contributed by atoms with Crippen molar-refractivity contribution in [1.82, 2.24) is 15.1 Å². The van der Waals surface area contributed by atoms with Gasteiger partial charge in [0.1, 0.15) is 19.0 Å². The molecule has 10 nitrogen and oxygen atoms in total. The lowest BCUT2D eigenvalue weighted by molar-refractivity contribution is -0.122. The van der Waals surface area contributed by atoms with Gasteiger partial charge in [-0.3, -0.25) is 24.7 Å². The molecular formula is C23H26FN5O5. The van der Waals surface area contributed by atoms with Gasteiger partial charge in [0.15, 0.2) is 11.5 Å². The highest BCUT2D eigenvalue weighted by Gasteiger charge is 2.21. The first-order valence-corrected chi connectivity index (χ1v) is 11.0. The number of ether oxygens (including phenoxy) is 2. The topological polar surface area (TPSA) is 112 Å². The van der Waals surface area contributed by atoms with Crippen LogP contribution in [0.25, 0.3) is 0 Å². The highest BCUT2D eigenvalue weighted by molar-refractivity contribution is 6.01. The van der Waals surface area contributed by atoms with Crippen molar-refractivity contribution in [3.8, 4) is 11.5 Å². The van der Waals surface area contributed by atoms with E-state index >= 15 is 0 Å². The van der Waals surface area contributed by atoms with E-state index in [9.17, 15) is 18.8 Å². The SMILES string of the molecule is O=C(CN1CCN(CC(=O)Nc2ccc(F)cc2)CC1)NC(=O)Nc1ccc2c(c1)OCCO2. The van der Waals surface area contributed by atoms with E-state index in [4.69, 9.17) is 9.47 Å². The third-order valence-electron chi connectivity index (χ3n) is 5.38. The molecule has 34 heavy (non-hydrogen) atoms. The van der Waals surface area contributed by atoms with Crippen molar-refractivity contribution in [1.29, 1.82) is 0 Å². The summed E-state index contributed by atoms with van der Waals surface area (Å²) in [5.41, 5.74) is 1.03. The molecule has 0 radical (unpaired) electrons. The Balaban J connectivity index is 1.15. The number of piperazine rings is 1. The molecule has 2 aromatic rings. The van der Waals surface area contributed by atoms with Gasteiger partial charge in [-0.25, -0.2) is 9.18 Å². The second-order valence-corrected chi connectivity index (χ2v) is 7.97. The molecule has 0 atom stereocenters. The van der Waals surface area contributed by atoms with Gasteiger partial charge in [0, 0.05) is 43.6 Å². The fraction of sp³-hybridized carbons (Fsp3) is 0.348. The Hall–Kier alpha value is -3.70. The summed E-state index contributed by atoms with van der Waals surface area (Å²) in [4.78, 5) is 40.5. The van der Waals surface area contributed by atoms with E-state index in [1.54, 1.807) is 18.2 Å². The van der Waals surface area contributed by atoms with E-state index in [1.807, 2.05) is 9.80 Å². The van der Waals surface area contributed by atoms with E-state index in [1.165, 1.54) is 24.3 Å². The quantitative estimate of drug-likeness (QED) is 0.585. The summed E-state index contributed by atoms with van der Waals surface area (Å²) >= 11 is 0. The number of hydrogen-bond donors (Lipinski definition) is 3. The molecule has 11 heteroatoms. The fourth-order valence-electron chi connectivity index (χ4n) is 3.70. The number of fused-ring (bicyclic) bond motifs is 1. The molecule has 2 aromatic carbocycles. The van der Waals surface area contributed by atoms with Gasteiger partial charge in [0.05, 0.1) is 13.1 Å². The van der Waals surface area contributed by atoms with Gasteiger partial charge in [-0.05, 0) is 36.4 Å². The van der Waals surface area contributed by atoms with Gasteiger partial charge in [-0.1, -0.05) is 0 Å². The number of nitrogens with one attached hydrogen (secondary N) is 3. The molecule has 180 valence electrons. The first kappa shape index (κ1) is 23.5. The molecule has 4 amide bonds. The van der Waals surface area contributed by atoms with Crippen LogP contribution in [0, 0.1) is 5.82 Å². The van der Waals surface area contributed by atoms with Crippen molar-refractivity contribution < 1.29 is 28.2 Å². The molecule has 0 unspecified atom stereocenters. The van der Waals surface area contributed by atoms with E-state index in [0.717, 1.165) is 0 Å². The lowest BCUT2D eigenvalue weighted by Crippen LogP contribution is -2.51. The summed E-state index contributed by atoms with van der Waals surface area (Å²) in [7, 11) is 0. The Bertz CT molecular complexity index is 1040. The summed E-state index contributed by atoms with van der Waals surface area (Å²) in [6, 6.07) is 9.98. The molecule has 2 heterocycles. The standard InChI is InChI=1S/C23H26FN5O5/c24-16-1-3-17(4-2-16)25-21(30)14-28-7-9-29(10-8-28)15-22(31)27-23(32)26-18-5-6-19-20(13-18)34-12-11-33-19/h1-6,13H,7-12,14-15H2,(H,25,30)(H2,26,27,31,32). The number of hydrogen-bond acceptors (Lipinski definition) is 7. The Morgan fingerprint density at radius 2 is 1.35 bits per heavy atom. The van der Waals surface area contributed by atoms with Crippen LogP contribution in [0.4, 0.5) is 20.6 Å². The van der Waals surface area contributed by atoms with Gasteiger partial charge in [-0.2, -0.15) is 0 Å². The minimum atomic E-state index is -0.627. The lowest BCUT2D eigenvalue weighted by Gasteiger charge is -2.33. The van der Waals surface area contributed by atoms with Gasteiger partial charge >= 0.3 is 6.03 Å². The maximum Gasteiger partial charge on any atom is 0.325 e. The third-order valence-corrected chi connectivity index (χ3v) is 5.38. The van der Waals surface area contributed by atoms with Crippen molar-refractivity contribution in [2.24, 2.45) is 0 Å². The predicted octanol–water partition coefficient (Wildman–Crippen LogP) is 1.50. The summed E-state index contributed by atoms with van der Waals surface area (Å²) in [5.74, 6) is 0.185. The summed E-state index contributed by atoms with van der Waals surface area (Å²) in [6.45, 7) is 3.57. The molecule has 0 saturated carbocycles. The molecule has 3 N–H and O–H groups in total. The van der Waals surface area contributed by atoms with Crippen LogP contribution in [0.15, 0.2) is 42.5 Å². The van der Waals surface area contributed by atoms with Crippen LogP contribution in [0.5, 0.6) is 11.5 Å². The lowest BCUT2D eigenvalue weighted by atomic mass is 10.2. The van der Waals surface area contributed by atoms with Gasteiger partial charge in [0.2, 0.25) is 11.8 Å². The summed E-state index contributed by atoms with van der Waals surface area (Å²) < 4.78 is 23.9. The second-order valence-electron chi connectivity index (χ2n) is 7.97. The third kappa shape index (κ3) is 6.65. The van der Waals surface area contributed by atoms with Gasteiger partial charge in [-0.15, -0.1) is 0 Å². The molecule has 1 fully saturated rings. The number of benzene rings is 2. The van der Waals surface area contributed by atoms with Crippen molar-refractivity contribution in [3.05, 3.63) is 48.3 Å². The van der Waals surface area contributed by atoms with Crippen LogP contribution in [0.2, 0.25) is 0 Å². The maximum absolute atomic E-state index is 13.0. The fourth-order valence-corrected chi connectivity index (χ4v) is 3.70. The number of anilines is 2. The number of urea groups is 1. The summed E-state index contributed by atoms with van der Waals surface area (Å²) in [5, 5.41) is 7.67. The molecular weight excluding hydrogens is 445 g/mol. The smallest absolute Gasteiger partial charge is 0.325 e. The van der Waals surface area contributed by atoms with Crippen LogP contribution in [0.1, 0.15) is 0 Å². The first-order chi connectivity index (χ1) is 16.4. The largest absolute Gasteiger partial charge is 0.486 e. The predicted molar refractivity (Wildman–Crippen MR) is 123 cm³/mol.